The van der Waals surface area contributed by atoms with E-state index in [0.717, 1.165) is 5.76 Å². The molecule has 1 fully saturated rings. The summed E-state index contributed by atoms with van der Waals surface area (Å²) in [5, 5.41) is 5.39. The Bertz CT molecular complexity index is 774. The van der Waals surface area contributed by atoms with Crippen molar-refractivity contribution in [3.8, 4) is 0 Å². The molecule has 3 rings (SSSR count). The van der Waals surface area contributed by atoms with Gasteiger partial charge < -0.3 is 29.4 Å². The van der Waals surface area contributed by atoms with Gasteiger partial charge in [-0.05, 0) is 50.6 Å². The molecule has 0 aliphatic carbocycles. The van der Waals surface area contributed by atoms with E-state index in [2.05, 4.69) is 10.6 Å². The Balaban J connectivity index is 1.39. The van der Waals surface area contributed by atoms with Crippen LogP contribution >= 0.6 is 0 Å². The number of nitrogens with zero attached hydrogens (tertiary/aromatic N) is 1. The van der Waals surface area contributed by atoms with Gasteiger partial charge in [-0.2, -0.15) is 0 Å². The van der Waals surface area contributed by atoms with Gasteiger partial charge in [0.1, 0.15) is 18.2 Å². The minimum atomic E-state index is -0.378. The maximum atomic E-state index is 14.6. The Morgan fingerprint density at radius 3 is 2.76 bits per heavy atom. The van der Waals surface area contributed by atoms with Crippen LogP contribution in [0.25, 0.3) is 0 Å². The molecule has 0 bridgehead atoms. The average molecular weight is 405 g/mol. The van der Waals surface area contributed by atoms with Crippen LogP contribution < -0.4 is 15.5 Å². The highest BCUT2D eigenvalue weighted by Crippen LogP contribution is 2.26. The summed E-state index contributed by atoms with van der Waals surface area (Å²) < 4.78 is 30.9. The molecule has 8 heteroatoms. The van der Waals surface area contributed by atoms with E-state index >= 15 is 0 Å². The third-order valence-electron chi connectivity index (χ3n) is 4.54. The van der Waals surface area contributed by atoms with Crippen LogP contribution in [0.15, 0.2) is 41.0 Å². The molecule has 158 valence electrons. The van der Waals surface area contributed by atoms with Crippen LogP contribution in [-0.4, -0.2) is 44.5 Å². The molecule has 0 unspecified atom stereocenters. The normalized spacial score (nSPS) is 19.2. The van der Waals surface area contributed by atoms with Gasteiger partial charge in [0.15, 0.2) is 0 Å². The van der Waals surface area contributed by atoms with Crippen molar-refractivity contribution < 1.29 is 23.1 Å². The lowest BCUT2D eigenvalue weighted by Gasteiger charge is -2.37. The number of ether oxygens (including phenoxy) is 2. The standard InChI is InChI=1S/C21H28FN3O4/c1-15-12-25(13-16(2)29-15)20-7-6-17(11-19(20)22)24-21(26)23-8-4-9-27-14-18-5-3-10-28-18/h3,5-7,10-11,15-16H,4,8-9,12-14H2,1-2H3,(H2,23,24,26)/t15-,16+. The molecule has 0 saturated carbocycles. The number of morpholine rings is 1. The van der Waals surface area contributed by atoms with Crippen molar-refractivity contribution in [3.63, 3.8) is 0 Å². The summed E-state index contributed by atoms with van der Waals surface area (Å²) >= 11 is 0. The maximum absolute atomic E-state index is 14.6. The molecule has 2 N–H and O–H groups in total. The summed E-state index contributed by atoms with van der Waals surface area (Å²) in [6.45, 7) is 6.58. The fourth-order valence-corrected chi connectivity index (χ4v) is 3.33. The number of hydrogen-bond acceptors (Lipinski definition) is 5. The number of amides is 2. The number of carbonyl (C=O) groups is 1. The third kappa shape index (κ3) is 6.47. The van der Waals surface area contributed by atoms with Crippen LogP contribution in [-0.2, 0) is 16.1 Å². The predicted molar refractivity (Wildman–Crippen MR) is 109 cm³/mol. The van der Waals surface area contributed by atoms with Gasteiger partial charge in [0.2, 0.25) is 0 Å². The molecule has 2 atom stereocenters. The number of anilines is 2. The van der Waals surface area contributed by atoms with Gasteiger partial charge in [-0.25, -0.2) is 9.18 Å². The highest BCUT2D eigenvalue weighted by Gasteiger charge is 2.24. The number of furan rings is 1. The summed E-state index contributed by atoms with van der Waals surface area (Å²) in [5.41, 5.74) is 0.929. The highest BCUT2D eigenvalue weighted by atomic mass is 19.1. The molecule has 1 aliphatic rings. The molecule has 0 radical (unpaired) electrons. The fraction of sp³-hybridized carbons (Fsp3) is 0.476. The van der Waals surface area contributed by atoms with E-state index in [1.54, 1.807) is 18.4 Å². The topological polar surface area (TPSA) is 76.0 Å². The van der Waals surface area contributed by atoms with Crippen LogP contribution in [0.2, 0.25) is 0 Å². The molecule has 2 aromatic rings. The lowest BCUT2D eigenvalue weighted by molar-refractivity contribution is -0.00539. The Morgan fingerprint density at radius 2 is 2.07 bits per heavy atom. The van der Waals surface area contributed by atoms with Crippen molar-refractivity contribution >= 4 is 17.4 Å². The van der Waals surface area contributed by atoms with Crippen molar-refractivity contribution in [2.24, 2.45) is 0 Å². The maximum Gasteiger partial charge on any atom is 0.319 e. The molecule has 1 aliphatic heterocycles. The van der Waals surface area contributed by atoms with Gasteiger partial charge in [0.25, 0.3) is 0 Å². The summed E-state index contributed by atoms with van der Waals surface area (Å²) in [7, 11) is 0. The van der Waals surface area contributed by atoms with Gasteiger partial charge >= 0.3 is 6.03 Å². The Kier molecular flexibility index (Phi) is 7.48. The van der Waals surface area contributed by atoms with Gasteiger partial charge in [0.05, 0.1) is 24.2 Å². The average Bonchev–Trinajstić information content (AvgIpc) is 3.17. The van der Waals surface area contributed by atoms with E-state index in [9.17, 15) is 9.18 Å². The molecular formula is C21H28FN3O4. The SMILES string of the molecule is C[C@@H]1CN(c2ccc(NC(=O)NCCCOCc3ccco3)cc2F)C[C@H](C)O1. The zero-order chi connectivity index (χ0) is 20.6. The first-order valence-electron chi connectivity index (χ1n) is 9.86. The minimum absolute atomic E-state index is 0.0461. The summed E-state index contributed by atoms with van der Waals surface area (Å²) in [6, 6.07) is 8.01. The first-order chi connectivity index (χ1) is 14.0. The molecule has 0 spiro atoms. The van der Waals surface area contributed by atoms with Crippen molar-refractivity contribution in [1.29, 1.82) is 0 Å². The molecule has 1 aromatic carbocycles. The molecule has 29 heavy (non-hydrogen) atoms. The monoisotopic (exact) mass is 405 g/mol. The molecule has 2 heterocycles. The van der Waals surface area contributed by atoms with Crippen LogP contribution in [0.1, 0.15) is 26.0 Å². The quantitative estimate of drug-likeness (QED) is 0.654. The largest absolute Gasteiger partial charge is 0.467 e. The number of hydrogen-bond donors (Lipinski definition) is 2. The zero-order valence-electron chi connectivity index (χ0n) is 16.8. The molecule has 1 aromatic heterocycles. The second-order valence-corrected chi connectivity index (χ2v) is 7.19. The van der Waals surface area contributed by atoms with E-state index in [1.165, 1.54) is 6.07 Å². The fourth-order valence-electron chi connectivity index (χ4n) is 3.33. The van der Waals surface area contributed by atoms with Gasteiger partial charge in [-0.3, -0.25) is 0 Å². The van der Waals surface area contributed by atoms with E-state index < -0.39 is 0 Å². The minimum Gasteiger partial charge on any atom is -0.467 e. The van der Waals surface area contributed by atoms with Crippen LogP contribution in [0, 0.1) is 5.82 Å². The van der Waals surface area contributed by atoms with E-state index in [0.29, 0.717) is 50.6 Å². The van der Waals surface area contributed by atoms with E-state index in [4.69, 9.17) is 13.9 Å². The Hall–Kier alpha value is -2.58. The van der Waals surface area contributed by atoms with Crippen LogP contribution in [0.4, 0.5) is 20.6 Å². The second-order valence-electron chi connectivity index (χ2n) is 7.19. The van der Waals surface area contributed by atoms with E-state index in [-0.39, 0.29) is 24.1 Å². The van der Waals surface area contributed by atoms with Crippen molar-refractivity contribution in [2.45, 2.75) is 39.1 Å². The Labute approximate surface area is 170 Å². The number of carbonyl (C=O) groups excluding carboxylic acids is 1. The lowest BCUT2D eigenvalue weighted by Crippen LogP contribution is -2.45. The third-order valence-corrected chi connectivity index (χ3v) is 4.54. The first kappa shape index (κ1) is 21.1. The predicted octanol–water partition coefficient (Wildman–Crippen LogP) is 3.76. The van der Waals surface area contributed by atoms with Gasteiger partial charge in [-0.1, -0.05) is 0 Å². The molecule has 2 amide bonds. The number of urea groups is 1. The molecule has 7 nitrogen and oxygen atoms in total. The first-order valence-corrected chi connectivity index (χ1v) is 9.86. The Morgan fingerprint density at radius 1 is 1.28 bits per heavy atom. The van der Waals surface area contributed by atoms with Crippen molar-refractivity contribution in [2.75, 3.05) is 36.5 Å². The smallest absolute Gasteiger partial charge is 0.319 e. The lowest BCUT2D eigenvalue weighted by atomic mass is 10.2. The zero-order valence-corrected chi connectivity index (χ0v) is 16.8. The van der Waals surface area contributed by atoms with Crippen molar-refractivity contribution in [3.05, 3.63) is 48.2 Å². The summed E-state index contributed by atoms with van der Waals surface area (Å²) in [6.07, 6.45) is 2.35. The van der Waals surface area contributed by atoms with Crippen molar-refractivity contribution in [1.82, 2.24) is 5.32 Å². The number of nitrogens with one attached hydrogen (secondary N) is 2. The number of rotatable bonds is 8. The van der Waals surface area contributed by atoms with Gasteiger partial charge in [0, 0.05) is 31.9 Å². The number of halogens is 1. The molecule has 1 saturated heterocycles. The molecular weight excluding hydrogens is 377 g/mol. The second kappa shape index (κ2) is 10.3. The number of benzene rings is 1. The summed E-state index contributed by atoms with van der Waals surface area (Å²) in [4.78, 5) is 14.0. The van der Waals surface area contributed by atoms with Gasteiger partial charge in [-0.15, -0.1) is 0 Å². The van der Waals surface area contributed by atoms with Crippen LogP contribution in [0.5, 0.6) is 0 Å². The van der Waals surface area contributed by atoms with Crippen LogP contribution in [0.3, 0.4) is 0 Å². The highest BCUT2D eigenvalue weighted by molar-refractivity contribution is 5.89. The summed E-state index contributed by atoms with van der Waals surface area (Å²) in [5.74, 6) is 0.401. The van der Waals surface area contributed by atoms with E-state index in [1.807, 2.05) is 30.9 Å².